The number of nitrogens with one attached hydrogen (secondary N) is 1. The van der Waals surface area contributed by atoms with Crippen LogP contribution in [-0.2, 0) is 4.79 Å². The number of benzene rings is 1. The van der Waals surface area contributed by atoms with Gasteiger partial charge in [-0.2, -0.15) is 0 Å². The van der Waals surface area contributed by atoms with Crippen LogP contribution in [0.1, 0.15) is 25.7 Å². The van der Waals surface area contributed by atoms with Gasteiger partial charge in [0.05, 0.1) is 5.69 Å². The highest BCUT2D eigenvalue weighted by molar-refractivity contribution is 5.92. The zero-order chi connectivity index (χ0) is 11.5. The minimum Gasteiger partial charge on any atom is -0.399 e. The summed E-state index contributed by atoms with van der Waals surface area (Å²) in [6.45, 7) is 0. The molecule has 86 valence electrons. The predicted octanol–water partition coefficient (Wildman–Crippen LogP) is 2.54. The fraction of sp³-hybridized carbons (Fsp3) is 0.417. The molecule has 0 saturated heterocycles. The van der Waals surface area contributed by atoms with E-state index in [9.17, 15) is 9.18 Å². The van der Waals surface area contributed by atoms with Gasteiger partial charge in [-0.25, -0.2) is 4.39 Å². The Bertz CT molecular complexity index is 400. The predicted molar refractivity (Wildman–Crippen MR) is 61.4 cm³/mol. The SMILES string of the molecule is Nc1ccc(NC(=O)C2CCCC2)c(F)c1. The summed E-state index contributed by atoms with van der Waals surface area (Å²) in [5.41, 5.74) is 6.00. The summed E-state index contributed by atoms with van der Waals surface area (Å²) >= 11 is 0. The smallest absolute Gasteiger partial charge is 0.227 e. The van der Waals surface area contributed by atoms with Gasteiger partial charge in [-0.1, -0.05) is 12.8 Å². The normalized spacial score (nSPS) is 16.3. The summed E-state index contributed by atoms with van der Waals surface area (Å²) in [5.74, 6) is -0.524. The maximum absolute atomic E-state index is 13.4. The van der Waals surface area contributed by atoms with Gasteiger partial charge in [-0.05, 0) is 31.0 Å². The fourth-order valence-corrected chi connectivity index (χ4v) is 2.06. The monoisotopic (exact) mass is 222 g/mol. The molecule has 1 aromatic carbocycles. The number of nitrogen functional groups attached to an aromatic ring is 1. The topological polar surface area (TPSA) is 55.1 Å². The Hall–Kier alpha value is -1.58. The van der Waals surface area contributed by atoms with E-state index in [-0.39, 0.29) is 17.5 Å². The summed E-state index contributed by atoms with van der Waals surface area (Å²) in [6.07, 6.45) is 3.98. The second-order valence-electron chi connectivity index (χ2n) is 4.21. The number of carbonyl (C=O) groups is 1. The van der Waals surface area contributed by atoms with Crippen molar-refractivity contribution < 1.29 is 9.18 Å². The van der Waals surface area contributed by atoms with E-state index in [1.165, 1.54) is 12.1 Å². The summed E-state index contributed by atoms with van der Waals surface area (Å²) < 4.78 is 13.4. The van der Waals surface area contributed by atoms with Crippen LogP contribution in [0, 0.1) is 11.7 Å². The van der Waals surface area contributed by atoms with Gasteiger partial charge >= 0.3 is 0 Å². The van der Waals surface area contributed by atoms with Crippen molar-refractivity contribution in [3.8, 4) is 0 Å². The van der Waals surface area contributed by atoms with Crippen LogP contribution < -0.4 is 11.1 Å². The molecule has 0 radical (unpaired) electrons. The minimum absolute atomic E-state index is 0.0388. The number of amides is 1. The molecule has 1 aliphatic rings. The molecule has 3 N–H and O–H groups in total. The van der Waals surface area contributed by atoms with Gasteiger partial charge in [0.1, 0.15) is 5.82 Å². The highest BCUT2D eigenvalue weighted by Gasteiger charge is 2.23. The maximum Gasteiger partial charge on any atom is 0.227 e. The lowest BCUT2D eigenvalue weighted by Gasteiger charge is -2.11. The summed E-state index contributed by atoms with van der Waals surface area (Å²) in [5, 5.41) is 2.61. The van der Waals surface area contributed by atoms with E-state index in [1.807, 2.05) is 0 Å². The lowest BCUT2D eigenvalue weighted by molar-refractivity contribution is -0.119. The Labute approximate surface area is 93.8 Å². The van der Waals surface area contributed by atoms with Crippen molar-refractivity contribution in [1.29, 1.82) is 0 Å². The van der Waals surface area contributed by atoms with Crippen LogP contribution in [0.2, 0.25) is 0 Å². The van der Waals surface area contributed by atoms with Gasteiger partial charge in [-0.3, -0.25) is 4.79 Å². The second kappa shape index (κ2) is 4.51. The van der Waals surface area contributed by atoms with E-state index >= 15 is 0 Å². The first-order valence-corrected chi connectivity index (χ1v) is 5.52. The van der Waals surface area contributed by atoms with Crippen LogP contribution in [-0.4, -0.2) is 5.91 Å². The first-order valence-electron chi connectivity index (χ1n) is 5.52. The van der Waals surface area contributed by atoms with Gasteiger partial charge in [0.15, 0.2) is 0 Å². The van der Waals surface area contributed by atoms with Crippen LogP contribution in [0.5, 0.6) is 0 Å². The van der Waals surface area contributed by atoms with Crippen LogP contribution >= 0.6 is 0 Å². The molecule has 1 aliphatic carbocycles. The molecule has 0 bridgehead atoms. The minimum atomic E-state index is -0.480. The molecule has 1 fully saturated rings. The number of nitrogens with two attached hydrogens (primary N) is 1. The zero-order valence-corrected chi connectivity index (χ0v) is 9.00. The molecule has 0 unspecified atom stereocenters. The highest BCUT2D eigenvalue weighted by Crippen LogP contribution is 2.26. The van der Waals surface area contributed by atoms with E-state index in [2.05, 4.69) is 5.32 Å². The Morgan fingerprint density at radius 3 is 2.69 bits per heavy atom. The number of anilines is 2. The lowest BCUT2D eigenvalue weighted by atomic mass is 10.1. The first kappa shape index (κ1) is 10.9. The summed E-state index contributed by atoms with van der Waals surface area (Å²) in [6, 6.07) is 4.29. The maximum atomic E-state index is 13.4. The highest BCUT2D eigenvalue weighted by atomic mass is 19.1. The molecule has 0 aliphatic heterocycles. The molecule has 4 heteroatoms. The first-order chi connectivity index (χ1) is 7.66. The fourth-order valence-electron chi connectivity index (χ4n) is 2.06. The average molecular weight is 222 g/mol. The molecule has 2 rings (SSSR count). The van der Waals surface area contributed by atoms with Crippen LogP contribution in [0.25, 0.3) is 0 Å². The van der Waals surface area contributed by atoms with Crippen molar-refractivity contribution in [3.63, 3.8) is 0 Å². The number of hydrogen-bond acceptors (Lipinski definition) is 2. The third-order valence-electron chi connectivity index (χ3n) is 2.98. The Kier molecular flexibility index (Phi) is 3.08. The van der Waals surface area contributed by atoms with E-state index in [1.54, 1.807) is 6.07 Å². The number of hydrogen-bond donors (Lipinski definition) is 2. The second-order valence-corrected chi connectivity index (χ2v) is 4.21. The molecular formula is C12H15FN2O. The van der Waals surface area contributed by atoms with Crippen molar-refractivity contribution in [3.05, 3.63) is 24.0 Å². The Balaban J connectivity index is 2.05. The van der Waals surface area contributed by atoms with Crippen molar-refractivity contribution in [2.45, 2.75) is 25.7 Å². The molecule has 1 amide bonds. The zero-order valence-electron chi connectivity index (χ0n) is 9.00. The molecule has 0 atom stereocenters. The van der Waals surface area contributed by atoms with Gasteiger partial charge in [0, 0.05) is 11.6 Å². The Morgan fingerprint density at radius 1 is 1.38 bits per heavy atom. The standard InChI is InChI=1S/C12H15FN2O/c13-10-7-9(14)5-6-11(10)15-12(16)8-3-1-2-4-8/h5-8H,1-4,14H2,(H,15,16). The van der Waals surface area contributed by atoms with Crippen molar-refractivity contribution in [1.82, 2.24) is 0 Å². The quantitative estimate of drug-likeness (QED) is 0.755. The van der Waals surface area contributed by atoms with Gasteiger partial charge in [-0.15, -0.1) is 0 Å². The molecule has 0 spiro atoms. The van der Waals surface area contributed by atoms with Crippen LogP contribution in [0.4, 0.5) is 15.8 Å². The average Bonchev–Trinajstić information content (AvgIpc) is 2.75. The van der Waals surface area contributed by atoms with E-state index in [4.69, 9.17) is 5.73 Å². The van der Waals surface area contributed by atoms with Crippen molar-refractivity contribution in [2.24, 2.45) is 5.92 Å². The summed E-state index contributed by atoms with van der Waals surface area (Å²) in [7, 11) is 0. The lowest BCUT2D eigenvalue weighted by Crippen LogP contribution is -2.20. The molecule has 1 saturated carbocycles. The van der Waals surface area contributed by atoms with Gasteiger partial charge < -0.3 is 11.1 Å². The van der Waals surface area contributed by atoms with Crippen LogP contribution in [0.3, 0.4) is 0 Å². The van der Waals surface area contributed by atoms with E-state index < -0.39 is 5.82 Å². The third-order valence-corrected chi connectivity index (χ3v) is 2.98. The molecule has 0 heterocycles. The van der Waals surface area contributed by atoms with Gasteiger partial charge in [0.25, 0.3) is 0 Å². The molecular weight excluding hydrogens is 207 g/mol. The Morgan fingerprint density at radius 2 is 2.06 bits per heavy atom. The number of rotatable bonds is 2. The number of carbonyl (C=O) groups excluding carboxylic acids is 1. The number of halogens is 1. The van der Waals surface area contributed by atoms with Crippen molar-refractivity contribution in [2.75, 3.05) is 11.1 Å². The summed E-state index contributed by atoms with van der Waals surface area (Å²) in [4.78, 5) is 11.7. The molecule has 1 aromatic rings. The van der Waals surface area contributed by atoms with Crippen LogP contribution in [0.15, 0.2) is 18.2 Å². The molecule has 0 aromatic heterocycles. The van der Waals surface area contributed by atoms with E-state index in [0.29, 0.717) is 5.69 Å². The molecule has 3 nitrogen and oxygen atoms in total. The molecule has 16 heavy (non-hydrogen) atoms. The third kappa shape index (κ3) is 2.32. The van der Waals surface area contributed by atoms with Crippen molar-refractivity contribution >= 4 is 17.3 Å². The van der Waals surface area contributed by atoms with E-state index in [0.717, 1.165) is 25.7 Å². The largest absolute Gasteiger partial charge is 0.399 e. The van der Waals surface area contributed by atoms with Gasteiger partial charge in [0.2, 0.25) is 5.91 Å².